The smallest absolute Gasteiger partial charge is 0.0952 e. The number of hydrogen-bond acceptors (Lipinski definition) is 2. The van der Waals surface area contributed by atoms with E-state index in [-0.39, 0.29) is 6.10 Å². The van der Waals surface area contributed by atoms with Gasteiger partial charge in [-0.3, -0.25) is 0 Å². The first kappa shape index (κ1) is 11.2. The van der Waals surface area contributed by atoms with Crippen molar-refractivity contribution < 1.29 is 4.74 Å². The fourth-order valence-electron chi connectivity index (χ4n) is 2.71. The van der Waals surface area contributed by atoms with Crippen LogP contribution in [0.25, 0.3) is 0 Å². The highest BCUT2D eigenvalue weighted by Crippen LogP contribution is 2.44. The Hall–Kier alpha value is -0.860. The van der Waals surface area contributed by atoms with Crippen molar-refractivity contribution in [3.05, 3.63) is 35.4 Å². The summed E-state index contributed by atoms with van der Waals surface area (Å²) < 4.78 is 5.89. The first-order valence-electron chi connectivity index (χ1n) is 6.59. The second-order valence-corrected chi connectivity index (χ2v) is 5.96. The van der Waals surface area contributed by atoms with Crippen LogP contribution in [-0.4, -0.2) is 19.2 Å². The lowest BCUT2D eigenvalue weighted by Crippen LogP contribution is -2.30. The van der Waals surface area contributed by atoms with Gasteiger partial charge >= 0.3 is 0 Å². The molecule has 0 bridgehead atoms. The summed E-state index contributed by atoms with van der Waals surface area (Å²) in [6.07, 6.45) is 2.60. The molecular formula is C15H21NO. The second kappa shape index (κ2) is 4.11. The predicted molar refractivity (Wildman–Crippen MR) is 69.0 cm³/mol. The van der Waals surface area contributed by atoms with Gasteiger partial charge in [0, 0.05) is 12.6 Å². The average Bonchev–Trinajstić information content (AvgIpc) is 2.94. The van der Waals surface area contributed by atoms with Crippen LogP contribution in [0.4, 0.5) is 0 Å². The third-order valence-corrected chi connectivity index (χ3v) is 4.16. The lowest BCUT2D eigenvalue weighted by molar-refractivity contribution is 0.0418. The van der Waals surface area contributed by atoms with Crippen LogP contribution in [0.2, 0.25) is 0 Å². The van der Waals surface area contributed by atoms with Crippen molar-refractivity contribution in [2.45, 2.75) is 38.8 Å². The summed E-state index contributed by atoms with van der Waals surface area (Å²) in [5, 5.41) is 3.63. The molecule has 1 aromatic rings. The van der Waals surface area contributed by atoms with Crippen molar-refractivity contribution in [2.24, 2.45) is 5.41 Å². The normalized spacial score (nSPS) is 29.8. The van der Waals surface area contributed by atoms with Crippen molar-refractivity contribution in [1.29, 1.82) is 0 Å². The molecule has 1 aromatic carbocycles. The Morgan fingerprint density at radius 3 is 2.88 bits per heavy atom. The summed E-state index contributed by atoms with van der Waals surface area (Å²) >= 11 is 0. The quantitative estimate of drug-likeness (QED) is 0.863. The molecule has 1 fully saturated rings. The van der Waals surface area contributed by atoms with Crippen molar-refractivity contribution in [1.82, 2.24) is 5.32 Å². The Bertz CT molecular complexity index is 413. The zero-order valence-corrected chi connectivity index (χ0v) is 10.7. The van der Waals surface area contributed by atoms with Crippen molar-refractivity contribution >= 4 is 0 Å². The second-order valence-electron chi connectivity index (χ2n) is 5.96. The lowest BCUT2D eigenvalue weighted by Gasteiger charge is -2.26. The van der Waals surface area contributed by atoms with Gasteiger partial charge in [-0.05, 0) is 29.4 Å². The highest BCUT2D eigenvalue weighted by molar-refractivity contribution is 5.31. The topological polar surface area (TPSA) is 21.3 Å². The highest BCUT2D eigenvalue weighted by atomic mass is 16.5. The molecule has 92 valence electrons. The van der Waals surface area contributed by atoms with Crippen LogP contribution in [0.3, 0.4) is 0 Å². The van der Waals surface area contributed by atoms with E-state index in [4.69, 9.17) is 4.74 Å². The highest BCUT2D eigenvalue weighted by Gasteiger charge is 2.45. The van der Waals surface area contributed by atoms with E-state index in [0.29, 0.717) is 11.5 Å². The largest absolute Gasteiger partial charge is 0.372 e. The zero-order chi connectivity index (χ0) is 11.9. The van der Waals surface area contributed by atoms with Gasteiger partial charge in [0.05, 0.1) is 12.7 Å². The molecular weight excluding hydrogens is 210 g/mol. The third-order valence-electron chi connectivity index (χ3n) is 4.16. The van der Waals surface area contributed by atoms with Gasteiger partial charge in [0.1, 0.15) is 0 Å². The van der Waals surface area contributed by atoms with Gasteiger partial charge in [0.2, 0.25) is 0 Å². The third kappa shape index (κ3) is 2.24. The predicted octanol–water partition coefficient (Wildman–Crippen LogP) is 2.69. The van der Waals surface area contributed by atoms with Crippen molar-refractivity contribution in [3.8, 4) is 0 Å². The molecule has 2 nitrogen and oxygen atoms in total. The maximum Gasteiger partial charge on any atom is 0.0952 e. The number of benzene rings is 1. The molecule has 1 saturated carbocycles. The lowest BCUT2D eigenvalue weighted by atomic mass is 9.97. The molecule has 0 amide bonds. The summed E-state index contributed by atoms with van der Waals surface area (Å²) in [5.41, 5.74) is 3.33. The number of rotatable bonds is 3. The molecule has 0 saturated heterocycles. The summed E-state index contributed by atoms with van der Waals surface area (Å²) in [7, 11) is 0. The van der Waals surface area contributed by atoms with Gasteiger partial charge in [0.25, 0.3) is 0 Å². The molecule has 1 aliphatic carbocycles. The first-order chi connectivity index (χ1) is 8.17. The van der Waals surface area contributed by atoms with Crippen LogP contribution >= 0.6 is 0 Å². The molecule has 1 aliphatic heterocycles. The van der Waals surface area contributed by atoms with E-state index in [0.717, 1.165) is 19.6 Å². The van der Waals surface area contributed by atoms with Gasteiger partial charge in [-0.15, -0.1) is 0 Å². The summed E-state index contributed by atoms with van der Waals surface area (Å²) in [6, 6.07) is 9.35. The van der Waals surface area contributed by atoms with Gasteiger partial charge in [-0.2, -0.15) is 0 Å². The minimum absolute atomic E-state index is 0.247. The van der Waals surface area contributed by atoms with E-state index in [9.17, 15) is 0 Å². The van der Waals surface area contributed by atoms with Gasteiger partial charge in [-0.25, -0.2) is 0 Å². The fourth-order valence-corrected chi connectivity index (χ4v) is 2.71. The van der Waals surface area contributed by atoms with E-state index in [1.165, 1.54) is 17.5 Å². The fraction of sp³-hybridized carbons (Fsp3) is 0.600. The van der Waals surface area contributed by atoms with Crippen LogP contribution in [-0.2, 0) is 11.2 Å². The van der Waals surface area contributed by atoms with E-state index >= 15 is 0 Å². The van der Waals surface area contributed by atoms with Gasteiger partial charge in [0.15, 0.2) is 0 Å². The van der Waals surface area contributed by atoms with E-state index < -0.39 is 0 Å². The van der Waals surface area contributed by atoms with Crippen LogP contribution in [0.5, 0.6) is 0 Å². The SMILES string of the molecule is CC1(C)CC1NCC1OCCc2ccccc21. The molecule has 2 aliphatic rings. The Morgan fingerprint density at radius 1 is 1.35 bits per heavy atom. The molecule has 0 spiro atoms. The number of hydrogen-bond donors (Lipinski definition) is 1. The van der Waals surface area contributed by atoms with E-state index in [2.05, 4.69) is 43.4 Å². The molecule has 0 radical (unpaired) electrons. The molecule has 1 N–H and O–H groups in total. The minimum Gasteiger partial charge on any atom is -0.372 e. The van der Waals surface area contributed by atoms with E-state index in [1.807, 2.05) is 0 Å². The molecule has 17 heavy (non-hydrogen) atoms. The Morgan fingerprint density at radius 2 is 2.12 bits per heavy atom. The first-order valence-corrected chi connectivity index (χ1v) is 6.59. The van der Waals surface area contributed by atoms with E-state index in [1.54, 1.807) is 0 Å². The summed E-state index contributed by atoms with van der Waals surface area (Å²) in [4.78, 5) is 0. The summed E-state index contributed by atoms with van der Waals surface area (Å²) in [5.74, 6) is 0. The molecule has 2 unspecified atom stereocenters. The molecule has 3 rings (SSSR count). The molecule has 2 atom stereocenters. The van der Waals surface area contributed by atoms with Crippen LogP contribution < -0.4 is 5.32 Å². The van der Waals surface area contributed by atoms with Crippen molar-refractivity contribution in [2.75, 3.05) is 13.2 Å². The number of fused-ring (bicyclic) bond motifs is 1. The Balaban J connectivity index is 1.65. The Labute approximate surface area is 103 Å². The minimum atomic E-state index is 0.247. The number of ether oxygens (including phenoxy) is 1. The Kier molecular flexibility index (Phi) is 2.72. The molecule has 2 heteroatoms. The maximum atomic E-state index is 5.89. The van der Waals surface area contributed by atoms with Crippen LogP contribution in [0, 0.1) is 5.41 Å². The van der Waals surface area contributed by atoms with Gasteiger partial charge < -0.3 is 10.1 Å². The van der Waals surface area contributed by atoms with Crippen LogP contribution in [0.1, 0.15) is 37.5 Å². The van der Waals surface area contributed by atoms with Crippen molar-refractivity contribution in [3.63, 3.8) is 0 Å². The maximum absolute atomic E-state index is 5.89. The zero-order valence-electron chi connectivity index (χ0n) is 10.7. The summed E-state index contributed by atoms with van der Waals surface area (Å²) in [6.45, 7) is 6.45. The monoisotopic (exact) mass is 231 g/mol. The standard InChI is InChI=1S/C15H21NO/c1-15(2)9-14(15)16-10-13-12-6-4-3-5-11(12)7-8-17-13/h3-6,13-14,16H,7-10H2,1-2H3. The van der Waals surface area contributed by atoms with Crippen LogP contribution in [0.15, 0.2) is 24.3 Å². The molecule has 1 heterocycles. The molecule has 0 aromatic heterocycles. The average molecular weight is 231 g/mol. The number of nitrogens with one attached hydrogen (secondary N) is 1. The van der Waals surface area contributed by atoms with Gasteiger partial charge in [-0.1, -0.05) is 38.1 Å².